The zero-order valence-corrected chi connectivity index (χ0v) is 7.06. The Hall–Kier alpha value is -0.900. The third kappa shape index (κ3) is 2.31. The van der Waals surface area contributed by atoms with E-state index in [1.807, 2.05) is 6.92 Å². The largest absolute Gasteiger partial charge is 0.467 e. The van der Waals surface area contributed by atoms with Gasteiger partial charge in [0.2, 0.25) is 0 Å². The Labute approximate surface area is 69.0 Å². The van der Waals surface area contributed by atoms with Crippen LogP contribution in [0.5, 0.6) is 0 Å². The van der Waals surface area contributed by atoms with Gasteiger partial charge in [0.15, 0.2) is 0 Å². The second-order valence-electron chi connectivity index (χ2n) is 2.07. The standard InChI is InChI=1S/C7H9NO2S/c1-6-7(8-4-11-6)2-3-10-5-9/h4-5H,2-3H2,1H3. The van der Waals surface area contributed by atoms with E-state index in [0.717, 1.165) is 5.69 Å². The lowest BCUT2D eigenvalue weighted by atomic mass is 10.3. The van der Waals surface area contributed by atoms with Crippen molar-refractivity contribution in [3.05, 3.63) is 16.1 Å². The number of hydrogen-bond donors (Lipinski definition) is 0. The third-order valence-corrected chi connectivity index (χ3v) is 2.17. The Bertz CT molecular complexity index is 234. The van der Waals surface area contributed by atoms with Crippen molar-refractivity contribution in [3.63, 3.8) is 0 Å². The van der Waals surface area contributed by atoms with Crippen molar-refractivity contribution in [2.45, 2.75) is 13.3 Å². The van der Waals surface area contributed by atoms with Crippen LogP contribution in [0.2, 0.25) is 0 Å². The number of aromatic nitrogens is 1. The van der Waals surface area contributed by atoms with Gasteiger partial charge < -0.3 is 4.74 Å². The summed E-state index contributed by atoms with van der Waals surface area (Å²) in [6.07, 6.45) is 0.716. The molecule has 1 rings (SSSR count). The Balaban J connectivity index is 2.38. The van der Waals surface area contributed by atoms with Crippen molar-refractivity contribution >= 4 is 17.8 Å². The van der Waals surface area contributed by atoms with Gasteiger partial charge in [-0.05, 0) is 6.92 Å². The van der Waals surface area contributed by atoms with Crippen LogP contribution in [0.15, 0.2) is 5.51 Å². The van der Waals surface area contributed by atoms with E-state index in [2.05, 4.69) is 9.72 Å². The topological polar surface area (TPSA) is 39.2 Å². The summed E-state index contributed by atoms with van der Waals surface area (Å²) >= 11 is 1.61. The molecular weight excluding hydrogens is 162 g/mol. The van der Waals surface area contributed by atoms with E-state index in [1.165, 1.54) is 4.88 Å². The van der Waals surface area contributed by atoms with Crippen molar-refractivity contribution in [1.82, 2.24) is 4.98 Å². The minimum Gasteiger partial charge on any atom is -0.467 e. The van der Waals surface area contributed by atoms with Crippen molar-refractivity contribution in [1.29, 1.82) is 0 Å². The van der Waals surface area contributed by atoms with Crippen LogP contribution in [0.4, 0.5) is 0 Å². The normalized spacial score (nSPS) is 9.55. The fourth-order valence-corrected chi connectivity index (χ4v) is 1.40. The highest BCUT2D eigenvalue weighted by Crippen LogP contribution is 2.11. The first-order chi connectivity index (χ1) is 5.34. The van der Waals surface area contributed by atoms with Crippen molar-refractivity contribution in [2.75, 3.05) is 6.61 Å². The lowest BCUT2D eigenvalue weighted by Gasteiger charge is -1.95. The Morgan fingerprint density at radius 3 is 3.18 bits per heavy atom. The van der Waals surface area contributed by atoms with Crippen molar-refractivity contribution < 1.29 is 9.53 Å². The zero-order chi connectivity index (χ0) is 8.10. The molecule has 1 aromatic rings. The number of hydrogen-bond acceptors (Lipinski definition) is 4. The minimum absolute atomic E-state index is 0.425. The summed E-state index contributed by atoms with van der Waals surface area (Å²) in [5, 5.41) is 0. The summed E-state index contributed by atoms with van der Waals surface area (Å²) in [7, 11) is 0. The summed E-state index contributed by atoms with van der Waals surface area (Å²) in [6, 6.07) is 0. The van der Waals surface area contributed by atoms with Crippen LogP contribution < -0.4 is 0 Å². The van der Waals surface area contributed by atoms with Gasteiger partial charge >= 0.3 is 0 Å². The van der Waals surface area contributed by atoms with Gasteiger partial charge in [-0.15, -0.1) is 11.3 Å². The molecule has 0 bridgehead atoms. The van der Waals surface area contributed by atoms with Crippen LogP contribution in [0.25, 0.3) is 0 Å². The van der Waals surface area contributed by atoms with Gasteiger partial charge in [-0.3, -0.25) is 4.79 Å². The van der Waals surface area contributed by atoms with Gasteiger partial charge in [-0.1, -0.05) is 0 Å². The molecule has 0 aromatic carbocycles. The molecule has 0 unspecified atom stereocenters. The van der Waals surface area contributed by atoms with Gasteiger partial charge in [-0.2, -0.15) is 0 Å². The SMILES string of the molecule is Cc1scnc1CCOC=O. The maximum Gasteiger partial charge on any atom is 0.293 e. The average molecular weight is 171 g/mol. The molecule has 0 aliphatic carbocycles. The molecule has 0 spiro atoms. The van der Waals surface area contributed by atoms with E-state index < -0.39 is 0 Å². The first kappa shape index (κ1) is 8.20. The fourth-order valence-electron chi connectivity index (χ4n) is 0.772. The maximum atomic E-state index is 9.78. The predicted molar refractivity (Wildman–Crippen MR) is 42.6 cm³/mol. The van der Waals surface area contributed by atoms with Crippen LogP contribution in [0.3, 0.4) is 0 Å². The van der Waals surface area contributed by atoms with Gasteiger partial charge in [0.25, 0.3) is 6.47 Å². The summed E-state index contributed by atoms with van der Waals surface area (Å²) in [5.74, 6) is 0. The quantitative estimate of drug-likeness (QED) is 0.504. The van der Waals surface area contributed by atoms with E-state index in [4.69, 9.17) is 0 Å². The molecule has 0 aliphatic heterocycles. The van der Waals surface area contributed by atoms with E-state index in [-0.39, 0.29) is 0 Å². The molecule has 0 fully saturated rings. The van der Waals surface area contributed by atoms with Crippen LogP contribution in [-0.2, 0) is 16.0 Å². The summed E-state index contributed by atoms with van der Waals surface area (Å²) in [5.41, 5.74) is 2.82. The molecule has 11 heavy (non-hydrogen) atoms. The number of carbonyl (C=O) groups is 1. The second kappa shape index (κ2) is 4.08. The van der Waals surface area contributed by atoms with E-state index in [0.29, 0.717) is 19.5 Å². The van der Waals surface area contributed by atoms with Crippen LogP contribution >= 0.6 is 11.3 Å². The highest BCUT2D eigenvalue weighted by Gasteiger charge is 1.99. The highest BCUT2D eigenvalue weighted by molar-refractivity contribution is 7.09. The van der Waals surface area contributed by atoms with E-state index in [9.17, 15) is 4.79 Å². The molecule has 0 radical (unpaired) electrons. The van der Waals surface area contributed by atoms with Gasteiger partial charge in [0, 0.05) is 11.3 Å². The number of nitrogens with zero attached hydrogens (tertiary/aromatic N) is 1. The number of rotatable bonds is 4. The molecule has 0 amide bonds. The summed E-state index contributed by atoms with van der Waals surface area (Å²) < 4.78 is 4.55. The van der Waals surface area contributed by atoms with Crippen LogP contribution in [0.1, 0.15) is 10.6 Å². The first-order valence-corrected chi connectivity index (χ1v) is 4.16. The molecule has 0 saturated heterocycles. The molecule has 0 atom stereocenters. The van der Waals surface area contributed by atoms with Gasteiger partial charge in [0.05, 0.1) is 17.8 Å². The zero-order valence-electron chi connectivity index (χ0n) is 6.24. The molecule has 0 N–H and O–H groups in total. The number of ether oxygens (including phenoxy) is 1. The Kier molecular flexibility index (Phi) is 3.04. The molecule has 0 aliphatic rings. The lowest BCUT2D eigenvalue weighted by molar-refractivity contribution is -0.128. The Morgan fingerprint density at radius 1 is 1.82 bits per heavy atom. The van der Waals surface area contributed by atoms with Crippen LogP contribution in [0, 0.1) is 6.92 Å². The minimum atomic E-state index is 0.425. The van der Waals surface area contributed by atoms with Crippen LogP contribution in [-0.4, -0.2) is 18.1 Å². The van der Waals surface area contributed by atoms with E-state index >= 15 is 0 Å². The molecule has 4 heteroatoms. The molecule has 60 valence electrons. The number of thiazole rings is 1. The third-order valence-electron chi connectivity index (χ3n) is 1.37. The van der Waals surface area contributed by atoms with Gasteiger partial charge in [-0.25, -0.2) is 4.98 Å². The highest BCUT2D eigenvalue weighted by atomic mass is 32.1. The Morgan fingerprint density at radius 2 is 2.64 bits per heavy atom. The monoisotopic (exact) mass is 171 g/mol. The first-order valence-electron chi connectivity index (χ1n) is 3.29. The van der Waals surface area contributed by atoms with E-state index in [1.54, 1.807) is 16.8 Å². The summed E-state index contributed by atoms with van der Waals surface area (Å²) in [6.45, 7) is 2.89. The fraction of sp³-hybridized carbons (Fsp3) is 0.429. The maximum absolute atomic E-state index is 9.78. The molecule has 1 heterocycles. The van der Waals surface area contributed by atoms with Gasteiger partial charge in [0.1, 0.15) is 0 Å². The predicted octanol–water partition coefficient (Wildman–Crippen LogP) is 1.17. The average Bonchev–Trinajstić information content (AvgIpc) is 2.37. The van der Waals surface area contributed by atoms with Crippen molar-refractivity contribution in [2.24, 2.45) is 0 Å². The molecule has 1 aromatic heterocycles. The molecular formula is C7H9NO2S. The number of carbonyl (C=O) groups excluding carboxylic acids is 1. The molecule has 3 nitrogen and oxygen atoms in total. The number of aryl methyl sites for hydroxylation is 1. The second-order valence-corrected chi connectivity index (χ2v) is 3.13. The smallest absolute Gasteiger partial charge is 0.293 e. The van der Waals surface area contributed by atoms with Crippen molar-refractivity contribution in [3.8, 4) is 0 Å². The lowest BCUT2D eigenvalue weighted by Crippen LogP contribution is -1.97. The summed E-state index contributed by atoms with van der Waals surface area (Å²) in [4.78, 5) is 15.1. The molecule has 0 saturated carbocycles.